The van der Waals surface area contributed by atoms with Crippen LogP contribution < -0.4 is 0 Å². The first-order chi connectivity index (χ1) is 25.8. The second-order valence-corrected chi connectivity index (χ2v) is 13.2. The minimum Gasteiger partial charge on any atom is -0.308 e. The Morgan fingerprint density at radius 2 is 0.750 bits per heavy atom. The highest BCUT2D eigenvalue weighted by molar-refractivity contribution is 6.07. The van der Waals surface area contributed by atoms with Crippen molar-refractivity contribution < 1.29 is 0 Å². The molecule has 0 spiro atoms. The Morgan fingerprint density at radius 3 is 1.17 bits per heavy atom. The van der Waals surface area contributed by atoms with E-state index in [1.165, 1.54) is 11.1 Å². The number of fused-ring (bicyclic) bond motifs is 6. The van der Waals surface area contributed by atoms with Crippen LogP contribution >= 0.6 is 0 Å². The largest absolute Gasteiger partial charge is 0.308 e. The molecular formula is C46H32N6. The Morgan fingerprint density at radius 1 is 0.346 bits per heavy atom. The lowest BCUT2D eigenvalue weighted by Gasteiger charge is -2.10. The third-order valence-electron chi connectivity index (χ3n) is 9.97. The molecule has 0 atom stereocenters. The fourth-order valence-electron chi connectivity index (χ4n) is 7.48. The second-order valence-electron chi connectivity index (χ2n) is 13.2. The van der Waals surface area contributed by atoms with Crippen LogP contribution in [0.3, 0.4) is 0 Å². The van der Waals surface area contributed by atoms with Crippen LogP contribution in [0.25, 0.3) is 66.6 Å². The molecule has 10 rings (SSSR count). The Bertz CT molecular complexity index is 2560. The second kappa shape index (κ2) is 12.4. The van der Waals surface area contributed by atoms with Crippen molar-refractivity contribution in [2.45, 2.75) is 12.8 Å². The van der Waals surface area contributed by atoms with Crippen LogP contribution in [0.15, 0.2) is 170 Å². The molecule has 0 saturated heterocycles. The summed E-state index contributed by atoms with van der Waals surface area (Å²) in [5.74, 6) is 0. The van der Waals surface area contributed by atoms with Crippen molar-refractivity contribution in [1.29, 1.82) is 0 Å². The van der Waals surface area contributed by atoms with Crippen LogP contribution in [0.1, 0.15) is 22.3 Å². The van der Waals surface area contributed by atoms with E-state index in [1.54, 1.807) is 0 Å². The molecule has 6 heteroatoms. The molecule has 10 aromatic rings. The lowest BCUT2D eigenvalue weighted by molar-refractivity contribution is 1.11. The molecule has 4 aromatic carbocycles. The third-order valence-corrected chi connectivity index (χ3v) is 9.97. The highest BCUT2D eigenvalue weighted by atomic mass is 15.0. The van der Waals surface area contributed by atoms with Gasteiger partial charge in [-0.15, -0.1) is 0 Å². The number of hydrogen-bond acceptors (Lipinski definition) is 4. The van der Waals surface area contributed by atoms with Crippen molar-refractivity contribution in [2.75, 3.05) is 0 Å². The topological polar surface area (TPSA) is 61.4 Å². The molecule has 0 fully saturated rings. The van der Waals surface area contributed by atoms with Gasteiger partial charge >= 0.3 is 0 Å². The maximum atomic E-state index is 4.78. The van der Waals surface area contributed by atoms with Crippen LogP contribution in [0.5, 0.6) is 0 Å². The van der Waals surface area contributed by atoms with Crippen molar-refractivity contribution in [2.24, 2.45) is 0 Å². The van der Waals surface area contributed by atoms with Crippen LogP contribution in [0.2, 0.25) is 0 Å². The van der Waals surface area contributed by atoms with Gasteiger partial charge in [-0.1, -0.05) is 72.8 Å². The van der Waals surface area contributed by atoms with Gasteiger partial charge in [-0.3, -0.25) is 19.9 Å². The monoisotopic (exact) mass is 668 g/mol. The highest BCUT2D eigenvalue weighted by Crippen LogP contribution is 2.32. The Kier molecular flexibility index (Phi) is 7.17. The van der Waals surface area contributed by atoms with Crippen LogP contribution in [-0.2, 0) is 12.8 Å². The van der Waals surface area contributed by atoms with Gasteiger partial charge < -0.3 is 9.13 Å². The van der Waals surface area contributed by atoms with Gasteiger partial charge in [0.2, 0.25) is 0 Å². The first-order valence-corrected chi connectivity index (χ1v) is 17.5. The number of pyridine rings is 4. The molecule has 0 unspecified atom stereocenters. The summed E-state index contributed by atoms with van der Waals surface area (Å²) in [6, 6.07) is 51.2. The van der Waals surface area contributed by atoms with Crippen LogP contribution in [0, 0.1) is 0 Å². The van der Waals surface area contributed by atoms with Crippen molar-refractivity contribution in [3.63, 3.8) is 0 Å². The first kappa shape index (κ1) is 29.9. The summed E-state index contributed by atoms with van der Waals surface area (Å²) in [5, 5.41) is 2.33. The average Bonchev–Trinajstić information content (AvgIpc) is 3.73. The summed E-state index contributed by atoms with van der Waals surface area (Å²) < 4.78 is 4.58. The molecule has 0 aliphatic rings. The van der Waals surface area contributed by atoms with Gasteiger partial charge in [0.1, 0.15) is 0 Å². The van der Waals surface area contributed by atoms with Crippen molar-refractivity contribution in [1.82, 2.24) is 29.1 Å². The van der Waals surface area contributed by atoms with Crippen LogP contribution in [-0.4, -0.2) is 29.1 Å². The van der Waals surface area contributed by atoms with Crippen molar-refractivity contribution in [3.05, 3.63) is 193 Å². The van der Waals surface area contributed by atoms with Crippen molar-refractivity contribution >= 4 is 43.9 Å². The molecule has 6 aromatic heterocycles. The Balaban J connectivity index is 0.822. The van der Waals surface area contributed by atoms with Gasteiger partial charge in [0.25, 0.3) is 0 Å². The maximum Gasteiger partial charge on any atom is 0.0963 e. The van der Waals surface area contributed by atoms with Gasteiger partial charge in [-0.05, 0) is 108 Å². The molecule has 0 saturated carbocycles. The normalized spacial score (nSPS) is 11.6. The summed E-state index contributed by atoms with van der Waals surface area (Å²) in [6.45, 7) is 0. The molecule has 0 aliphatic heterocycles. The van der Waals surface area contributed by atoms with E-state index in [2.05, 4.69) is 153 Å². The lowest BCUT2D eigenvalue weighted by atomic mass is 10.0. The van der Waals surface area contributed by atoms with Crippen molar-refractivity contribution in [3.8, 4) is 22.8 Å². The van der Waals surface area contributed by atoms with E-state index >= 15 is 0 Å². The van der Waals surface area contributed by atoms with E-state index in [9.17, 15) is 0 Å². The molecule has 0 radical (unpaired) electrons. The zero-order chi connectivity index (χ0) is 34.4. The quantitative estimate of drug-likeness (QED) is 0.170. The summed E-state index contributed by atoms with van der Waals surface area (Å²) in [6.07, 6.45) is 9.26. The Hall–Kier alpha value is -6.92. The summed E-state index contributed by atoms with van der Waals surface area (Å²) in [4.78, 5) is 18.9. The summed E-state index contributed by atoms with van der Waals surface area (Å²) >= 11 is 0. The van der Waals surface area contributed by atoms with E-state index in [1.807, 2.05) is 36.9 Å². The smallest absolute Gasteiger partial charge is 0.0963 e. The zero-order valence-corrected chi connectivity index (χ0v) is 28.3. The van der Waals surface area contributed by atoms with E-state index in [0.29, 0.717) is 0 Å². The van der Waals surface area contributed by atoms with Crippen LogP contribution in [0.4, 0.5) is 0 Å². The molecule has 0 amide bonds. The standard InChI is InChI=1S/C46H32N6/c1-3-9-41-37(7-1)45-43(11-5-25-47-45)51(41)35-19-13-31(14-20-35)27-33-17-23-39(49-29-33)40-24-18-34(30-50-40)28-32-15-21-36(22-16-32)52-42-10-4-2-8-38(42)46-44(52)12-6-26-48-46/h1-26,29-30H,27-28H2. The minimum absolute atomic E-state index is 0.807. The fourth-order valence-corrected chi connectivity index (χ4v) is 7.48. The SMILES string of the molecule is c1ccc2c(c1)c1ncccc1n2-c1ccc(Cc2ccc(-c3ccc(Cc4ccc(-n5c6ccccc6c6ncccc65)cc4)cn3)nc2)cc1. The molecule has 52 heavy (non-hydrogen) atoms. The van der Waals surface area contributed by atoms with Gasteiger partial charge in [0.05, 0.1) is 44.5 Å². The van der Waals surface area contributed by atoms with E-state index in [0.717, 1.165) is 90.6 Å². The third kappa shape index (κ3) is 5.20. The number of rotatable bonds is 7. The molecule has 246 valence electrons. The Labute approximate surface area is 300 Å². The zero-order valence-electron chi connectivity index (χ0n) is 28.3. The number of nitrogens with zero attached hydrogens (tertiary/aromatic N) is 6. The number of aromatic nitrogens is 6. The van der Waals surface area contributed by atoms with E-state index in [4.69, 9.17) is 9.97 Å². The average molecular weight is 669 g/mol. The molecule has 6 heterocycles. The molecule has 0 N–H and O–H groups in total. The lowest BCUT2D eigenvalue weighted by Crippen LogP contribution is -1.96. The van der Waals surface area contributed by atoms with Gasteiger partial charge in [0.15, 0.2) is 0 Å². The number of para-hydroxylation sites is 2. The highest BCUT2D eigenvalue weighted by Gasteiger charge is 2.14. The van der Waals surface area contributed by atoms with Gasteiger partial charge in [-0.25, -0.2) is 0 Å². The number of hydrogen-bond donors (Lipinski definition) is 0. The summed E-state index contributed by atoms with van der Waals surface area (Å²) in [7, 11) is 0. The molecular weight excluding hydrogens is 637 g/mol. The predicted molar refractivity (Wildman–Crippen MR) is 210 cm³/mol. The van der Waals surface area contributed by atoms with E-state index < -0.39 is 0 Å². The molecule has 0 aliphatic carbocycles. The van der Waals surface area contributed by atoms with E-state index in [-0.39, 0.29) is 0 Å². The van der Waals surface area contributed by atoms with Gasteiger partial charge in [0, 0.05) is 46.9 Å². The predicted octanol–water partition coefficient (Wildman–Crippen LogP) is 10.3. The van der Waals surface area contributed by atoms with Gasteiger partial charge in [-0.2, -0.15) is 0 Å². The first-order valence-electron chi connectivity index (χ1n) is 17.5. The number of benzene rings is 4. The fraction of sp³-hybridized carbons (Fsp3) is 0.0435. The molecule has 6 nitrogen and oxygen atoms in total. The minimum atomic E-state index is 0.807. The summed E-state index contributed by atoms with van der Waals surface area (Å²) in [5.41, 5.74) is 15.4. The molecule has 0 bridgehead atoms. The maximum absolute atomic E-state index is 4.78.